The zero-order valence-corrected chi connectivity index (χ0v) is 21.4. The monoisotopic (exact) mass is 464 g/mol. The second-order valence-corrected chi connectivity index (χ2v) is 9.22. The van der Waals surface area contributed by atoms with Crippen LogP contribution in [-0.4, -0.2) is 41.5 Å². The third-order valence-electron chi connectivity index (χ3n) is 5.78. The third-order valence-corrected chi connectivity index (χ3v) is 5.78. The van der Waals surface area contributed by atoms with E-state index in [0.29, 0.717) is 0 Å². The predicted molar refractivity (Wildman–Crippen MR) is 138 cm³/mol. The van der Waals surface area contributed by atoms with Crippen LogP contribution >= 0.6 is 0 Å². The van der Waals surface area contributed by atoms with E-state index in [0.717, 1.165) is 12.1 Å². The van der Waals surface area contributed by atoms with Crippen LogP contribution in [0, 0.1) is 10.1 Å². The molecule has 0 aliphatic rings. The van der Waals surface area contributed by atoms with Gasteiger partial charge in [0.1, 0.15) is 0 Å². The van der Waals surface area contributed by atoms with E-state index in [-0.39, 0.29) is 11.3 Å². The Morgan fingerprint density at radius 1 is 0.758 bits per heavy atom. The molecular weight excluding hydrogens is 416 g/mol. The minimum Gasteiger partial charge on any atom is -0.478 e. The van der Waals surface area contributed by atoms with Crippen LogP contribution in [0.5, 0.6) is 0 Å². The molecule has 1 aromatic carbocycles. The maximum atomic E-state index is 10.3. The first-order chi connectivity index (χ1) is 15.9. The molecule has 190 valence electrons. The molecule has 0 radical (unpaired) electrons. The molecule has 1 rings (SSSR count). The minimum atomic E-state index is -1.09. The molecule has 0 fully saturated rings. The van der Waals surface area contributed by atoms with Gasteiger partial charge in [-0.1, -0.05) is 103 Å². The Labute approximate surface area is 201 Å². The number of rotatable bonds is 19. The summed E-state index contributed by atoms with van der Waals surface area (Å²) in [5.74, 6) is -1.09. The molecule has 6 heteroatoms. The first-order valence-corrected chi connectivity index (χ1v) is 13.0. The van der Waals surface area contributed by atoms with Gasteiger partial charge in [0.05, 0.1) is 10.5 Å². The summed E-state index contributed by atoms with van der Waals surface area (Å²) >= 11 is 0. The van der Waals surface area contributed by atoms with Gasteiger partial charge in [-0.25, -0.2) is 4.79 Å². The molecule has 1 N–H and O–H groups in total. The van der Waals surface area contributed by atoms with Crippen LogP contribution in [0.25, 0.3) is 0 Å². The van der Waals surface area contributed by atoms with Crippen molar-refractivity contribution in [2.45, 2.75) is 110 Å². The maximum Gasteiger partial charge on any atom is 0.335 e. The number of hydrogen-bond acceptors (Lipinski definition) is 4. The van der Waals surface area contributed by atoms with Gasteiger partial charge in [0, 0.05) is 12.1 Å². The van der Waals surface area contributed by atoms with Crippen molar-refractivity contribution in [3.8, 4) is 0 Å². The van der Waals surface area contributed by atoms with Crippen LogP contribution in [0.2, 0.25) is 0 Å². The number of non-ortho nitro benzene ring substituents is 1. The molecule has 0 heterocycles. The lowest BCUT2D eigenvalue weighted by molar-refractivity contribution is -0.384. The number of nitro groups is 1. The number of aromatic carboxylic acids is 1. The standard InChI is InChI=1S/C20H43N.C7H5NO4/c1-4-5-6-7-8-9-10-11-12-13-14-15-16-17-18-19-20-21(2)3;9-7(10)5-1-3-6(4-2-5)8(11)12/h4-20H2,1-3H3;1-4H,(H,9,10). The quantitative estimate of drug-likeness (QED) is 0.127. The van der Waals surface area contributed by atoms with Gasteiger partial charge in [-0.05, 0) is 39.2 Å². The van der Waals surface area contributed by atoms with Crippen molar-refractivity contribution < 1.29 is 14.8 Å². The van der Waals surface area contributed by atoms with E-state index < -0.39 is 10.9 Å². The topological polar surface area (TPSA) is 83.7 Å². The Morgan fingerprint density at radius 3 is 1.42 bits per heavy atom. The predicted octanol–water partition coefficient (Wildman–Crippen LogP) is 8.10. The Hall–Kier alpha value is -1.95. The van der Waals surface area contributed by atoms with Gasteiger partial charge < -0.3 is 10.0 Å². The number of carboxylic acids is 1. The van der Waals surface area contributed by atoms with Crippen LogP contribution in [0.3, 0.4) is 0 Å². The molecule has 0 saturated carbocycles. The second kappa shape index (κ2) is 21.9. The van der Waals surface area contributed by atoms with E-state index in [1.807, 2.05) is 0 Å². The van der Waals surface area contributed by atoms with Crippen LogP contribution in [0.1, 0.15) is 120 Å². The minimum absolute atomic E-state index is 0.0422. The van der Waals surface area contributed by atoms with Crippen molar-refractivity contribution in [3.63, 3.8) is 0 Å². The highest BCUT2D eigenvalue weighted by Gasteiger charge is 2.06. The van der Waals surface area contributed by atoms with Crippen molar-refractivity contribution in [2.75, 3.05) is 20.6 Å². The van der Waals surface area contributed by atoms with Crippen LogP contribution in [-0.2, 0) is 0 Å². The van der Waals surface area contributed by atoms with Crippen molar-refractivity contribution >= 4 is 11.7 Å². The number of unbranched alkanes of at least 4 members (excludes halogenated alkanes) is 15. The van der Waals surface area contributed by atoms with Gasteiger partial charge in [0.25, 0.3) is 5.69 Å². The van der Waals surface area contributed by atoms with Crippen LogP contribution in [0.4, 0.5) is 5.69 Å². The van der Waals surface area contributed by atoms with Crippen LogP contribution in [0.15, 0.2) is 24.3 Å². The summed E-state index contributed by atoms with van der Waals surface area (Å²) in [6, 6.07) is 4.70. The summed E-state index contributed by atoms with van der Waals surface area (Å²) in [5.41, 5.74) is -0.0689. The highest BCUT2D eigenvalue weighted by Crippen LogP contribution is 2.14. The van der Waals surface area contributed by atoms with E-state index in [9.17, 15) is 14.9 Å². The number of nitro benzene ring substituents is 1. The highest BCUT2D eigenvalue weighted by atomic mass is 16.6. The molecule has 0 aromatic heterocycles. The third kappa shape index (κ3) is 20.4. The molecule has 33 heavy (non-hydrogen) atoms. The molecule has 0 spiro atoms. The largest absolute Gasteiger partial charge is 0.478 e. The van der Waals surface area contributed by atoms with Crippen molar-refractivity contribution in [1.82, 2.24) is 4.90 Å². The fourth-order valence-electron chi connectivity index (χ4n) is 3.70. The van der Waals surface area contributed by atoms with Gasteiger partial charge in [-0.2, -0.15) is 0 Å². The lowest BCUT2D eigenvalue weighted by atomic mass is 10.0. The van der Waals surface area contributed by atoms with Gasteiger partial charge in [-0.15, -0.1) is 0 Å². The van der Waals surface area contributed by atoms with Crippen molar-refractivity contribution in [2.24, 2.45) is 0 Å². The van der Waals surface area contributed by atoms with E-state index in [1.54, 1.807) is 0 Å². The Balaban J connectivity index is 0.000000716. The van der Waals surface area contributed by atoms with Crippen molar-refractivity contribution in [1.29, 1.82) is 0 Å². The molecule has 0 saturated heterocycles. The van der Waals surface area contributed by atoms with Gasteiger partial charge in [-0.3, -0.25) is 10.1 Å². The summed E-state index contributed by atoms with van der Waals surface area (Å²) in [4.78, 5) is 22.2. The maximum absolute atomic E-state index is 10.3. The molecule has 0 amide bonds. The fraction of sp³-hybridized carbons (Fsp3) is 0.741. The molecule has 0 bridgehead atoms. The smallest absolute Gasteiger partial charge is 0.335 e. The number of hydrogen-bond donors (Lipinski definition) is 1. The number of carbonyl (C=O) groups is 1. The molecule has 0 unspecified atom stereocenters. The molecule has 1 aromatic rings. The molecule has 0 aliphatic heterocycles. The van der Waals surface area contributed by atoms with Gasteiger partial charge >= 0.3 is 5.97 Å². The highest BCUT2D eigenvalue weighted by molar-refractivity contribution is 5.87. The lowest BCUT2D eigenvalue weighted by Gasteiger charge is -2.08. The molecular formula is C27H48N2O4. The van der Waals surface area contributed by atoms with E-state index in [1.165, 1.54) is 121 Å². The summed E-state index contributed by atoms with van der Waals surface area (Å²) in [6.07, 6.45) is 23.3. The summed E-state index contributed by atoms with van der Waals surface area (Å²) in [5, 5.41) is 18.6. The summed E-state index contributed by atoms with van der Waals surface area (Å²) < 4.78 is 0. The Kier molecular flexibility index (Phi) is 20.6. The summed E-state index contributed by atoms with van der Waals surface area (Å²) in [6.45, 7) is 3.56. The fourth-order valence-corrected chi connectivity index (χ4v) is 3.70. The average molecular weight is 465 g/mol. The number of nitrogens with zero attached hydrogens (tertiary/aromatic N) is 2. The molecule has 0 aliphatic carbocycles. The Bertz CT molecular complexity index is 570. The zero-order valence-electron chi connectivity index (χ0n) is 21.4. The lowest BCUT2D eigenvalue weighted by Crippen LogP contribution is -2.12. The van der Waals surface area contributed by atoms with E-state index in [2.05, 4.69) is 25.9 Å². The zero-order chi connectivity index (χ0) is 24.7. The Morgan fingerprint density at radius 2 is 1.12 bits per heavy atom. The number of carboxylic acid groups (broad SMARTS) is 1. The normalized spacial score (nSPS) is 10.7. The average Bonchev–Trinajstić information content (AvgIpc) is 2.79. The first kappa shape index (κ1) is 31.0. The van der Waals surface area contributed by atoms with Crippen molar-refractivity contribution in [3.05, 3.63) is 39.9 Å². The first-order valence-electron chi connectivity index (χ1n) is 13.0. The van der Waals surface area contributed by atoms with Gasteiger partial charge in [0.15, 0.2) is 0 Å². The van der Waals surface area contributed by atoms with Gasteiger partial charge in [0.2, 0.25) is 0 Å². The summed E-state index contributed by atoms with van der Waals surface area (Å²) in [7, 11) is 4.34. The molecule has 0 atom stereocenters. The van der Waals surface area contributed by atoms with Crippen LogP contribution < -0.4 is 0 Å². The molecule has 6 nitrogen and oxygen atoms in total. The van der Waals surface area contributed by atoms with E-state index in [4.69, 9.17) is 5.11 Å². The van der Waals surface area contributed by atoms with E-state index >= 15 is 0 Å². The SMILES string of the molecule is CCCCCCCCCCCCCCCCCCN(C)C.O=C(O)c1ccc([N+](=O)[O-])cc1. The number of benzene rings is 1. The second-order valence-electron chi connectivity index (χ2n) is 9.22.